The Kier molecular flexibility index (Phi) is 4.17. The average molecular weight is 329 g/mol. The number of amides is 1. The largest absolute Gasteiger partial charge is 0.340 e. The fourth-order valence-electron chi connectivity index (χ4n) is 3.23. The molecule has 3 aromatic rings. The number of pyridine rings is 1. The fourth-order valence-corrected chi connectivity index (χ4v) is 3.23. The number of fused-ring (bicyclic) bond motifs is 1. The Labute approximate surface area is 147 Å². The van der Waals surface area contributed by atoms with E-state index in [1.807, 2.05) is 42.6 Å². The average Bonchev–Trinajstić information content (AvgIpc) is 2.68. The number of carbonyl (C=O) groups is 1. The quantitative estimate of drug-likeness (QED) is 0.774. The van der Waals surface area contributed by atoms with Crippen LogP contribution in [0.3, 0.4) is 0 Å². The first-order chi connectivity index (χ1) is 12.3. The van der Waals surface area contributed by atoms with Gasteiger partial charge in [0, 0.05) is 24.1 Å². The highest BCUT2D eigenvalue weighted by molar-refractivity contribution is 6.04. The monoisotopic (exact) mass is 329 g/mol. The van der Waals surface area contributed by atoms with Crippen LogP contribution in [0.25, 0.3) is 0 Å². The van der Waals surface area contributed by atoms with Crippen molar-refractivity contribution in [2.45, 2.75) is 12.8 Å². The van der Waals surface area contributed by atoms with Gasteiger partial charge < -0.3 is 10.2 Å². The Morgan fingerprint density at radius 2 is 1.80 bits per heavy atom. The normalized spacial score (nSPS) is 13.2. The standard InChI is InChI=1S/C21H19N3O/c25-21(23-18-9-2-1-3-10-18)17-13-19(15-22-14-17)24-12-6-8-16-7-4-5-11-20(16)24/h1-5,7,9-11,13-15H,6,8,12H2,(H,23,25). The Balaban J connectivity index is 1.61. The first kappa shape index (κ1) is 15.4. The highest BCUT2D eigenvalue weighted by atomic mass is 16.1. The van der Waals surface area contributed by atoms with E-state index in [1.165, 1.54) is 11.3 Å². The van der Waals surface area contributed by atoms with Gasteiger partial charge in [0.2, 0.25) is 0 Å². The minimum absolute atomic E-state index is 0.147. The lowest BCUT2D eigenvalue weighted by Crippen LogP contribution is -2.25. The Hall–Kier alpha value is -3.14. The highest BCUT2D eigenvalue weighted by Gasteiger charge is 2.19. The van der Waals surface area contributed by atoms with Gasteiger partial charge in [-0.3, -0.25) is 9.78 Å². The molecule has 4 nitrogen and oxygen atoms in total. The number of para-hydroxylation sites is 2. The third-order valence-corrected chi connectivity index (χ3v) is 4.44. The van der Waals surface area contributed by atoms with E-state index in [9.17, 15) is 4.79 Å². The third kappa shape index (κ3) is 3.24. The molecule has 25 heavy (non-hydrogen) atoms. The van der Waals surface area contributed by atoms with Crippen molar-refractivity contribution < 1.29 is 4.79 Å². The lowest BCUT2D eigenvalue weighted by molar-refractivity contribution is 0.102. The van der Waals surface area contributed by atoms with Crippen LogP contribution in [0, 0.1) is 0 Å². The van der Waals surface area contributed by atoms with E-state index in [0.29, 0.717) is 5.56 Å². The van der Waals surface area contributed by atoms with Crippen LogP contribution in [0.15, 0.2) is 73.1 Å². The molecule has 0 radical (unpaired) electrons. The number of rotatable bonds is 3. The molecule has 1 amide bonds. The van der Waals surface area contributed by atoms with Crippen molar-refractivity contribution in [3.05, 3.63) is 84.2 Å². The van der Waals surface area contributed by atoms with Crippen molar-refractivity contribution in [3.63, 3.8) is 0 Å². The van der Waals surface area contributed by atoms with Gasteiger partial charge in [-0.05, 0) is 42.7 Å². The topological polar surface area (TPSA) is 45.2 Å². The molecule has 0 bridgehead atoms. The zero-order chi connectivity index (χ0) is 17.1. The molecule has 1 N–H and O–H groups in total. The molecule has 0 spiro atoms. The number of benzene rings is 2. The van der Waals surface area contributed by atoms with Gasteiger partial charge in [0.15, 0.2) is 0 Å². The molecule has 1 aliphatic rings. The van der Waals surface area contributed by atoms with Gasteiger partial charge in [0.25, 0.3) is 5.91 Å². The predicted octanol–water partition coefficient (Wildman–Crippen LogP) is 4.42. The lowest BCUT2D eigenvalue weighted by atomic mass is 10.0. The van der Waals surface area contributed by atoms with E-state index in [4.69, 9.17) is 0 Å². The molecular formula is C21H19N3O. The second-order valence-corrected chi connectivity index (χ2v) is 6.14. The summed E-state index contributed by atoms with van der Waals surface area (Å²) in [6.07, 6.45) is 5.62. The van der Waals surface area contributed by atoms with Crippen LogP contribution in [-0.2, 0) is 6.42 Å². The molecule has 0 atom stereocenters. The molecule has 0 fully saturated rings. The summed E-state index contributed by atoms with van der Waals surface area (Å²) >= 11 is 0. The summed E-state index contributed by atoms with van der Waals surface area (Å²) in [7, 11) is 0. The first-order valence-corrected chi connectivity index (χ1v) is 8.48. The van der Waals surface area contributed by atoms with E-state index in [2.05, 4.69) is 39.5 Å². The van der Waals surface area contributed by atoms with E-state index < -0.39 is 0 Å². The van der Waals surface area contributed by atoms with Crippen LogP contribution < -0.4 is 10.2 Å². The van der Waals surface area contributed by atoms with Crippen molar-refractivity contribution in [1.29, 1.82) is 0 Å². The Morgan fingerprint density at radius 3 is 2.68 bits per heavy atom. The third-order valence-electron chi connectivity index (χ3n) is 4.44. The van der Waals surface area contributed by atoms with Crippen molar-refractivity contribution >= 4 is 23.0 Å². The SMILES string of the molecule is O=C(Nc1ccccc1)c1cncc(N2CCCc3ccccc32)c1. The number of aryl methyl sites for hydroxylation is 1. The Morgan fingerprint density at radius 1 is 1.00 bits per heavy atom. The first-order valence-electron chi connectivity index (χ1n) is 8.48. The molecular weight excluding hydrogens is 310 g/mol. The maximum Gasteiger partial charge on any atom is 0.257 e. The van der Waals surface area contributed by atoms with Crippen molar-refractivity contribution in [1.82, 2.24) is 4.98 Å². The van der Waals surface area contributed by atoms with Crippen molar-refractivity contribution in [2.24, 2.45) is 0 Å². The number of hydrogen-bond acceptors (Lipinski definition) is 3. The molecule has 1 aliphatic heterocycles. The number of anilines is 3. The second-order valence-electron chi connectivity index (χ2n) is 6.14. The summed E-state index contributed by atoms with van der Waals surface area (Å²) in [5, 5.41) is 2.91. The molecule has 1 aromatic heterocycles. The maximum atomic E-state index is 12.5. The van der Waals surface area contributed by atoms with E-state index in [-0.39, 0.29) is 5.91 Å². The van der Waals surface area contributed by atoms with Crippen LogP contribution >= 0.6 is 0 Å². The van der Waals surface area contributed by atoms with E-state index in [0.717, 1.165) is 30.8 Å². The lowest BCUT2D eigenvalue weighted by Gasteiger charge is -2.31. The minimum Gasteiger partial charge on any atom is -0.340 e. The number of nitrogens with zero attached hydrogens (tertiary/aromatic N) is 2. The molecule has 4 heteroatoms. The zero-order valence-electron chi connectivity index (χ0n) is 13.9. The number of nitrogens with one attached hydrogen (secondary N) is 1. The summed E-state index contributed by atoms with van der Waals surface area (Å²) in [4.78, 5) is 19.1. The summed E-state index contributed by atoms with van der Waals surface area (Å²) in [5.74, 6) is -0.147. The summed E-state index contributed by atoms with van der Waals surface area (Å²) in [5.41, 5.74) is 4.84. The van der Waals surface area contributed by atoms with Gasteiger partial charge in [-0.15, -0.1) is 0 Å². The fraction of sp³-hybridized carbons (Fsp3) is 0.143. The van der Waals surface area contributed by atoms with Gasteiger partial charge in [-0.1, -0.05) is 36.4 Å². The van der Waals surface area contributed by atoms with Gasteiger partial charge in [-0.25, -0.2) is 0 Å². The molecule has 0 unspecified atom stereocenters. The molecule has 124 valence electrons. The van der Waals surface area contributed by atoms with Crippen molar-refractivity contribution in [2.75, 3.05) is 16.8 Å². The molecule has 0 saturated heterocycles. The van der Waals surface area contributed by atoms with Gasteiger partial charge >= 0.3 is 0 Å². The minimum atomic E-state index is -0.147. The summed E-state index contributed by atoms with van der Waals surface area (Å²) < 4.78 is 0. The van der Waals surface area contributed by atoms with Crippen LogP contribution in [0.1, 0.15) is 22.3 Å². The van der Waals surface area contributed by atoms with Gasteiger partial charge in [0.05, 0.1) is 17.4 Å². The number of aromatic nitrogens is 1. The summed E-state index contributed by atoms with van der Waals surface area (Å²) in [6.45, 7) is 0.933. The van der Waals surface area contributed by atoms with E-state index >= 15 is 0 Å². The zero-order valence-corrected chi connectivity index (χ0v) is 13.9. The van der Waals surface area contributed by atoms with E-state index in [1.54, 1.807) is 6.20 Å². The molecule has 0 aliphatic carbocycles. The smallest absolute Gasteiger partial charge is 0.257 e. The molecule has 0 saturated carbocycles. The highest BCUT2D eigenvalue weighted by Crippen LogP contribution is 2.33. The van der Waals surface area contributed by atoms with Crippen LogP contribution in [0.4, 0.5) is 17.1 Å². The molecule has 2 heterocycles. The summed E-state index contributed by atoms with van der Waals surface area (Å²) in [6, 6.07) is 19.8. The number of hydrogen-bond donors (Lipinski definition) is 1. The van der Waals surface area contributed by atoms with Crippen LogP contribution in [-0.4, -0.2) is 17.4 Å². The van der Waals surface area contributed by atoms with Crippen LogP contribution in [0.5, 0.6) is 0 Å². The number of carbonyl (C=O) groups excluding carboxylic acids is 1. The van der Waals surface area contributed by atoms with Crippen LogP contribution in [0.2, 0.25) is 0 Å². The second kappa shape index (κ2) is 6.77. The van der Waals surface area contributed by atoms with Gasteiger partial charge in [0.1, 0.15) is 0 Å². The molecule has 4 rings (SSSR count). The molecule has 2 aromatic carbocycles. The maximum absolute atomic E-state index is 12.5. The Bertz CT molecular complexity index is 892. The van der Waals surface area contributed by atoms with Gasteiger partial charge in [-0.2, -0.15) is 0 Å². The van der Waals surface area contributed by atoms with Crippen molar-refractivity contribution in [3.8, 4) is 0 Å². The predicted molar refractivity (Wildman–Crippen MR) is 100 cm³/mol.